The largest absolute Gasteiger partial charge is 0.448 e. The lowest BCUT2D eigenvalue weighted by molar-refractivity contribution is -0.139. The molecule has 0 amide bonds. The van der Waals surface area contributed by atoms with Gasteiger partial charge in [0.2, 0.25) is 0 Å². The van der Waals surface area contributed by atoms with Crippen LogP contribution in [0.1, 0.15) is 11.7 Å². The fourth-order valence-electron chi connectivity index (χ4n) is 1.32. The highest BCUT2D eigenvalue weighted by Gasteiger charge is 2.24. The quantitative estimate of drug-likeness (QED) is 0.651. The maximum Gasteiger partial charge on any atom is 0.333 e. The molecule has 1 atom stereocenters. The van der Waals surface area contributed by atoms with Gasteiger partial charge in [-0.15, -0.1) is 0 Å². The molecule has 0 saturated heterocycles. The van der Waals surface area contributed by atoms with Crippen LogP contribution in [-0.4, -0.2) is 5.97 Å². The van der Waals surface area contributed by atoms with Crippen LogP contribution >= 0.6 is 0 Å². The van der Waals surface area contributed by atoms with E-state index in [1.165, 1.54) is 6.08 Å². The third kappa shape index (κ3) is 1.40. The molecule has 2 rings (SSSR count). The Balaban J connectivity index is 2.30. The molecule has 0 fully saturated rings. The van der Waals surface area contributed by atoms with Crippen LogP contribution < -0.4 is 5.73 Å². The lowest BCUT2D eigenvalue weighted by Gasteiger charge is -2.10. The van der Waals surface area contributed by atoms with Gasteiger partial charge in [0.05, 0.1) is 5.70 Å². The van der Waals surface area contributed by atoms with Crippen LogP contribution in [0, 0.1) is 0 Å². The zero-order chi connectivity index (χ0) is 9.26. The van der Waals surface area contributed by atoms with Gasteiger partial charge < -0.3 is 10.5 Å². The van der Waals surface area contributed by atoms with Crippen molar-refractivity contribution in [3.05, 3.63) is 47.7 Å². The van der Waals surface area contributed by atoms with E-state index in [0.29, 0.717) is 5.70 Å². The highest BCUT2D eigenvalue weighted by molar-refractivity contribution is 5.85. The minimum absolute atomic E-state index is 0.369. The van der Waals surface area contributed by atoms with E-state index in [2.05, 4.69) is 0 Å². The third-order valence-electron chi connectivity index (χ3n) is 1.92. The summed E-state index contributed by atoms with van der Waals surface area (Å²) in [4.78, 5) is 10.9. The van der Waals surface area contributed by atoms with Crippen molar-refractivity contribution in [1.29, 1.82) is 0 Å². The van der Waals surface area contributed by atoms with Crippen LogP contribution in [0.15, 0.2) is 42.1 Å². The van der Waals surface area contributed by atoms with Crippen molar-refractivity contribution < 1.29 is 9.53 Å². The topological polar surface area (TPSA) is 52.3 Å². The molecule has 1 heterocycles. The van der Waals surface area contributed by atoms with Gasteiger partial charge in [-0.3, -0.25) is 0 Å². The Morgan fingerprint density at radius 1 is 1.23 bits per heavy atom. The van der Waals surface area contributed by atoms with Gasteiger partial charge in [0.15, 0.2) is 6.10 Å². The number of hydrogen-bond donors (Lipinski definition) is 1. The molecule has 13 heavy (non-hydrogen) atoms. The van der Waals surface area contributed by atoms with E-state index in [-0.39, 0.29) is 5.97 Å². The monoisotopic (exact) mass is 175 g/mol. The molecule has 0 spiro atoms. The van der Waals surface area contributed by atoms with Crippen LogP contribution in [0.5, 0.6) is 0 Å². The molecule has 1 aromatic rings. The van der Waals surface area contributed by atoms with Gasteiger partial charge in [0.25, 0.3) is 0 Å². The Morgan fingerprint density at radius 2 is 1.92 bits per heavy atom. The highest BCUT2D eigenvalue weighted by atomic mass is 16.5. The summed E-state index contributed by atoms with van der Waals surface area (Å²) in [5, 5.41) is 0. The van der Waals surface area contributed by atoms with E-state index in [1.807, 2.05) is 30.3 Å². The van der Waals surface area contributed by atoms with Gasteiger partial charge in [0, 0.05) is 6.08 Å². The second-order valence-electron chi connectivity index (χ2n) is 2.87. The van der Waals surface area contributed by atoms with Crippen LogP contribution in [0.2, 0.25) is 0 Å². The number of carbonyl (C=O) groups is 1. The number of benzene rings is 1. The van der Waals surface area contributed by atoms with E-state index in [9.17, 15) is 4.79 Å². The Hall–Kier alpha value is -1.77. The summed E-state index contributed by atoms with van der Waals surface area (Å²) in [7, 11) is 0. The van der Waals surface area contributed by atoms with Crippen molar-refractivity contribution in [3.8, 4) is 0 Å². The zero-order valence-corrected chi connectivity index (χ0v) is 6.94. The van der Waals surface area contributed by atoms with E-state index >= 15 is 0 Å². The molecule has 3 nitrogen and oxygen atoms in total. The lowest BCUT2D eigenvalue weighted by atomic mass is 10.1. The average Bonchev–Trinajstić information content (AvgIpc) is 2.47. The number of carbonyl (C=O) groups excluding carboxylic acids is 1. The van der Waals surface area contributed by atoms with Crippen molar-refractivity contribution in [2.24, 2.45) is 5.73 Å². The molecule has 0 radical (unpaired) electrons. The Morgan fingerprint density at radius 3 is 2.46 bits per heavy atom. The molecule has 1 aliphatic heterocycles. The molecule has 1 unspecified atom stereocenters. The predicted octanol–water partition coefficient (Wildman–Crippen LogP) is 1.13. The first-order valence-electron chi connectivity index (χ1n) is 4.00. The number of hydrogen-bond acceptors (Lipinski definition) is 3. The minimum Gasteiger partial charge on any atom is -0.448 e. The molecule has 1 aromatic carbocycles. The lowest BCUT2D eigenvalue weighted by Crippen LogP contribution is -2.07. The highest BCUT2D eigenvalue weighted by Crippen LogP contribution is 2.27. The summed E-state index contributed by atoms with van der Waals surface area (Å²) < 4.78 is 5.00. The molecule has 0 aromatic heterocycles. The van der Waals surface area contributed by atoms with Crippen molar-refractivity contribution in [2.75, 3.05) is 0 Å². The summed E-state index contributed by atoms with van der Waals surface area (Å²) in [6.07, 6.45) is 0.922. The van der Waals surface area contributed by atoms with Gasteiger partial charge >= 0.3 is 5.97 Å². The maximum atomic E-state index is 10.9. The first-order chi connectivity index (χ1) is 6.27. The molecule has 1 aliphatic rings. The fraction of sp³-hybridized carbons (Fsp3) is 0.100. The van der Waals surface area contributed by atoms with Crippen LogP contribution in [-0.2, 0) is 9.53 Å². The predicted molar refractivity (Wildman–Crippen MR) is 47.5 cm³/mol. The van der Waals surface area contributed by atoms with Crippen LogP contribution in [0.4, 0.5) is 0 Å². The van der Waals surface area contributed by atoms with E-state index in [0.717, 1.165) is 5.56 Å². The molecule has 0 saturated carbocycles. The number of cyclic esters (lactones) is 1. The summed E-state index contributed by atoms with van der Waals surface area (Å²) >= 11 is 0. The number of nitrogens with two attached hydrogens (primary N) is 1. The normalized spacial score (nSPS) is 21.1. The summed E-state index contributed by atoms with van der Waals surface area (Å²) in [6, 6.07) is 9.43. The van der Waals surface area contributed by atoms with Crippen molar-refractivity contribution in [3.63, 3.8) is 0 Å². The molecule has 3 heteroatoms. The number of esters is 1. The smallest absolute Gasteiger partial charge is 0.333 e. The fourth-order valence-corrected chi connectivity index (χ4v) is 1.32. The first kappa shape index (κ1) is 7.86. The van der Waals surface area contributed by atoms with Crippen LogP contribution in [0.25, 0.3) is 0 Å². The third-order valence-corrected chi connectivity index (χ3v) is 1.92. The molecular weight excluding hydrogens is 166 g/mol. The Kier molecular flexibility index (Phi) is 1.77. The summed E-state index contributed by atoms with van der Waals surface area (Å²) in [5.74, 6) is -0.369. The first-order valence-corrected chi connectivity index (χ1v) is 4.00. The van der Waals surface area contributed by atoms with Gasteiger partial charge in [-0.25, -0.2) is 4.79 Å². The minimum atomic E-state index is -0.395. The zero-order valence-electron chi connectivity index (χ0n) is 6.94. The summed E-state index contributed by atoms with van der Waals surface area (Å²) in [5.41, 5.74) is 6.99. The SMILES string of the molecule is NC1=CC(=O)OC1c1ccccc1. The molecular formula is C10H9NO2. The summed E-state index contributed by atoms with van der Waals surface area (Å²) in [6.45, 7) is 0. The van der Waals surface area contributed by atoms with Crippen LogP contribution in [0.3, 0.4) is 0 Å². The number of ether oxygens (including phenoxy) is 1. The van der Waals surface area contributed by atoms with Gasteiger partial charge in [-0.2, -0.15) is 0 Å². The van der Waals surface area contributed by atoms with Crippen molar-refractivity contribution in [1.82, 2.24) is 0 Å². The molecule has 0 aliphatic carbocycles. The molecule has 2 N–H and O–H groups in total. The molecule has 0 bridgehead atoms. The second kappa shape index (κ2) is 2.94. The standard InChI is InChI=1S/C10H9NO2/c11-8-6-9(12)13-10(8)7-4-2-1-3-5-7/h1-6,10H,11H2. The average molecular weight is 175 g/mol. The second-order valence-corrected chi connectivity index (χ2v) is 2.87. The Bertz CT molecular complexity index is 356. The van der Waals surface area contributed by atoms with Gasteiger partial charge in [-0.1, -0.05) is 30.3 Å². The Labute approximate surface area is 75.8 Å². The van der Waals surface area contributed by atoms with E-state index in [4.69, 9.17) is 10.5 Å². The van der Waals surface area contributed by atoms with E-state index in [1.54, 1.807) is 0 Å². The van der Waals surface area contributed by atoms with Crippen molar-refractivity contribution >= 4 is 5.97 Å². The maximum absolute atomic E-state index is 10.9. The molecule has 66 valence electrons. The van der Waals surface area contributed by atoms with Gasteiger partial charge in [-0.05, 0) is 5.56 Å². The van der Waals surface area contributed by atoms with Crippen molar-refractivity contribution in [2.45, 2.75) is 6.10 Å². The van der Waals surface area contributed by atoms with Gasteiger partial charge in [0.1, 0.15) is 0 Å². The number of rotatable bonds is 1. The van der Waals surface area contributed by atoms with E-state index < -0.39 is 6.10 Å².